The van der Waals surface area contributed by atoms with Gasteiger partial charge < -0.3 is 9.84 Å². The van der Waals surface area contributed by atoms with Crippen molar-refractivity contribution >= 4 is 17.7 Å². The van der Waals surface area contributed by atoms with E-state index in [0.717, 1.165) is 31.6 Å². The fraction of sp³-hybridized carbons (Fsp3) is 0.533. The van der Waals surface area contributed by atoms with Gasteiger partial charge >= 0.3 is 5.97 Å². The summed E-state index contributed by atoms with van der Waals surface area (Å²) in [6.45, 7) is 3.61. The molecule has 4 heteroatoms. The summed E-state index contributed by atoms with van der Waals surface area (Å²) < 4.78 is 5.35. The standard InChI is InChI=1S/C15H20O3S/c1-2-14(15(16)17)11-3-5-12(6-4-11)19-13-7-9-18-10-8-13/h3-6,13-14H,2,7-10H2,1H3,(H,16,17). The highest BCUT2D eigenvalue weighted by Gasteiger charge is 2.18. The predicted molar refractivity (Wildman–Crippen MR) is 76.8 cm³/mol. The maximum Gasteiger partial charge on any atom is 0.310 e. The van der Waals surface area contributed by atoms with Crippen LogP contribution in [0.3, 0.4) is 0 Å². The lowest BCUT2D eigenvalue weighted by Crippen LogP contribution is -2.17. The maximum absolute atomic E-state index is 11.1. The van der Waals surface area contributed by atoms with Gasteiger partial charge in [0.05, 0.1) is 5.92 Å². The number of thioether (sulfide) groups is 1. The van der Waals surface area contributed by atoms with Crippen LogP contribution in [0, 0.1) is 0 Å². The molecule has 0 saturated carbocycles. The molecule has 0 aliphatic carbocycles. The molecule has 1 aromatic carbocycles. The number of carboxylic acids is 1. The molecule has 1 heterocycles. The number of ether oxygens (including phenoxy) is 1. The van der Waals surface area contributed by atoms with Crippen molar-refractivity contribution in [3.05, 3.63) is 29.8 Å². The van der Waals surface area contributed by atoms with Crippen LogP contribution in [-0.2, 0) is 9.53 Å². The highest BCUT2D eigenvalue weighted by molar-refractivity contribution is 8.00. The van der Waals surface area contributed by atoms with E-state index in [-0.39, 0.29) is 5.92 Å². The molecule has 1 unspecified atom stereocenters. The molecule has 1 saturated heterocycles. The van der Waals surface area contributed by atoms with E-state index in [2.05, 4.69) is 0 Å². The summed E-state index contributed by atoms with van der Waals surface area (Å²) in [7, 11) is 0. The van der Waals surface area contributed by atoms with Crippen LogP contribution in [0.5, 0.6) is 0 Å². The first-order chi connectivity index (χ1) is 9.20. The second-order valence-corrected chi connectivity index (χ2v) is 6.17. The lowest BCUT2D eigenvalue weighted by molar-refractivity contribution is -0.138. The third kappa shape index (κ3) is 3.98. The van der Waals surface area contributed by atoms with Gasteiger partial charge in [-0.05, 0) is 37.0 Å². The van der Waals surface area contributed by atoms with Crippen LogP contribution >= 0.6 is 11.8 Å². The summed E-state index contributed by atoms with van der Waals surface area (Å²) in [5.74, 6) is -1.13. The minimum absolute atomic E-state index is 0.387. The number of carboxylic acid groups (broad SMARTS) is 1. The first kappa shape index (κ1) is 14.4. The van der Waals surface area contributed by atoms with Crippen LogP contribution in [0.1, 0.15) is 37.7 Å². The molecule has 1 N–H and O–H groups in total. The van der Waals surface area contributed by atoms with Gasteiger partial charge in [0.2, 0.25) is 0 Å². The van der Waals surface area contributed by atoms with Crippen molar-refractivity contribution in [1.29, 1.82) is 0 Å². The van der Waals surface area contributed by atoms with E-state index < -0.39 is 5.97 Å². The number of hydrogen-bond donors (Lipinski definition) is 1. The van der Waals surface area contributed by atoms with Gasteiger partial charge in [-0.25, -0.2) is 0 Å². The lowest BCUT2D eigenvalue weighted by atomic mass is 9.97. The minimum atomic E-state index is -0.743. The molecule has 1 aliphatic rings. The molecule has 1 aromatic rings. The van der Waals surface area contributed by atoms with Crippen molar-refractivity contribution in [2.24, 2.45) is 0 Å². The number of benzene rings is 1. The van der Waals surface area contributed by atoms with E-state index in [1.807, 2.05) is 43.0 Å². The zero-order chi connectivity index (χ0) is 13.7. The molecule has 0 radical (unpaired) electrons. The Hall–Kier alpha value is -1.00. The summed E-state index contributed by atoms with van der Waals surface area (Å²) in [5.41, 5.74) is 0.895. The first-order valence-electron chi connectivity index (χ1n) is 6.78. The quantitative estimate of drug-likeness (QED) is 0.896. The van der Waals surface area contributed by atoms with Gasteiger partial charge in [-0.2, -0.15) is 0 Å². The number of aliphatic carboxylic acids is 1. The normalized spacial score (nSPS) is 18.2. The Labute approximate surface area is 118 Å². The average Bonchev–Trinajstić information content (AvgIpc) is 2.42. The molecule has 1 aliphatic heterocycles. The highest BCUT2D eigenvalue weighted by atomic mass is 32.2. The zero-order valence-electron chi connectivity index (χ0n) is 11.2. The molecule has 3 nitrogen and oxygen atoms in total. The predicted octanol–water partition coefficient (Wildman–Crippen LogP) is 3.54. The van der Waals surface area contributed by atoms with Gasteiger partial charge in [0, 0.05) is 23.4 Å². The lowest BCUT2D eigenvalue weighted by Gasteiger charge is -2.21. The Kier molecular flexibility index (Phi) is 5.28. The molecule has 1 atom stereocenters. The Morgan fingerprint density at radius 3 is 2.53 bits per heavy atom. The Morgan fingerprint density at radius 1 is 1.37 bits per heavy atom. The smallest absolute Gasteiger partial charge is 0.310 e. The topological polar surface area (TPSA) is 46.5 Å². The van der Waals surface area contributed by atoms with E-state index in [0.29, 0.717) is 11.7 Å². The summed E-state index contributed by atoms with van der Waals surface area (Å²) >= 11 is 1.87. The molecule has 0 bridgehead atoms. The molecular formula is C15H20O3S. The fourth-order valence-corrected chi connectivity index (χ4v) is 3.42. The SMILES string of the molecule is CCC(C(=O)O)c1ccc(SC2CCOCC2)cc1. The van der Waals surface area contributed by atoms with E-state index >= 15 is 0 Å². The van der Waals surface area contributed by atoms with E-state index in [9.17, 15) is 4.79 Å². The van der Waals surface area contributed by atoms with Gasteiger partial charge in [-0.15, -0.1) is 11.8 Å². The van der Waals surface area contributed by atoms with Gasteiger partial charge in [-0.3, -0.25) is 4.79 Å². The number of rotatable bonds is 5. The van der Waals surface area contributed by atoms with Crippen LogP contribution in [0.2, 0.25) is 0 Å². The highest BCUT2D eigenvalue weighted by Crippen LogP contribution is 2.31. The fourth-order valence-electron chi connectivity index (χ4n) is 2.32. The van der Waals surface area contributed by atoms with Crippen LogP contribution in [0.4, 0.5) is 0 Å². The monoisotopic (exact) mass is 280 g/mol. The molecule has 0 aromatic heterocycles. The summed E-state index contributed by atoms with van der Waals surface area (Å²) in [6.07, 6.45) is 2.82. The molecule has 0 spiro atoms. The molecular weight excluding hydrogens is 260 g/mol. The van der Waals surface area contributed by atoms with Gasteiger partial charge in [0.1, 0.15) is 0 Å². The molecule has 1 fully saturated rings. The van der Waals surface area contributed by atoms with Crippen molar-refractivity contribution in [2.45, 2.75) is 42.2 Å². The summed E-state index contributed by atoms with van der Waals surface area (Å²) in [5, 5.41) is 9.76. The Balaban J connectivity index is 1.99. The van der Waals surface area contributed by atoms with Crippen molar-refractivity contribution < 1.29 is 14.6 Å². The largest absolute Gasteiger partial charge is 0.481 e. The Morgan fingerprint density at radius 2 is 2.00 bits per heavy atom. The van der Waals surface area contributed by atoms with Gasteiger partial charge in [0.25, 0.3) is 0 Å². The van der Waals surface area contributed by atoms with Crippen molar-refractivity contribution in [2.75, 3.05) is 13.2 Å². The summed E-state index contributed by atoms with van der Waals surface area (Å²) in [4.78, 5) is 12.3. The van der Waals surface area contributed by atoms with Crippen molar-refractivity contribution in [3.8, 4) is 0 Å². The Bertz CT molecular complexity index is 410. The first-order valence-corrected chi connectivity index (χ1v) is 7.66. The van der Waals surface area contributed by atoms with Crippen molar-refractivity contribution in [3.63, 3.8) is 0 Å². The molecule has 19 heavy (non-hydrogen) atoms. The molecule has 104 valence electrons. The van der Waals surface area contributed by atoms with Crippen LogP contribution in [-0.4, -0.2) is 29.5 Å². The van der Waals surface area contributed by atoms with Gasteiger partial charge in [0.15, 0.2) is 0 Å². The van der Waals surface area contributed by atoms with E-state index in [1.165, 1.54) is 4.90 Å². The maximum atomic E-state index is 11.1. The third-order valence-electron chi connectivity index (χ3n) is 3.46. The number of carbonyl (C=O) groups is 1. The van der Waals surface area contributed by atoms with Crippen LogP contribution < -0.4 is 0 Å². The third-order valence-corrected chi connectivity index (χ3v) is 4.81. The zero-order valence-corrected chi connectivity index (χ0v) is 12.0. The molecule has 2 rings (SSSR count). The second kappa shape index (κ2) is 6.96. The van der Waals surface area contributed by atoms with E-state index in [1.54, 1.807) is 0 Å². The van der Waals surface area contributed by atoms with Crippen LogP contribution in [0.25, 0.3) is 0 Å². The van der Waals surface area contributed by atoms with E-state index in [4.69, 9.17) is 9.84 Å². The van der Waals surface area contributed by atoms with Crippen molar-refractivity contribution in [1.82, 2.24) is 0 Å². The van der Waals surface area contributed by atoms with Gasteiger partial charge in [-0.1, -0.05) is 19.1 Å². The average molecular weight is 280 g/mol. The summed E-state index contributed by atoms with van der Waals surface area (Å²) in [6, 6.07) is 7.98. The molecule has 0 amide bonds. The van der Waals surface area contributed by atoms with Crippen LogP contribution in [0.15, 0.2) is 29.2 Å². The minimum Gasteiger partial charge on any atom is -0.481 e. The number of hydrogen-bond acceptors (Lipinski definition) is 3. The second-order valence-electron chi connectivity index (χ2n) is 4.80.